The molecule has 1 amide bonds. The van der Waals surface area contributed by atoms with Crippen molar-refractivity contribution in [1.29, 1.82) is 0 Å². The number of ether oxygens (including phenoxy) is 1. The van der Waals surface area contributed by atoms with E-state index in [1.54, 1.807) is 11.8 Å². The number of carbonyl (C=O) groups is 2. The first-order valence-corrected chi connectivity index (χ1v) is 8.86. The molecule has 1 aliphatic carbocycles. The number of hydrogen-bond acceptors (Lipinski definition) is 3. The molecule has 1 aliphatic heterocycles. The van der Waals surface area contributed by atoms with Crippen LogP contribution in [0.15, 0.2) is 19.3 Å². The Morgan fingerprint density at radius 2 is 2.00 bits per heavy atom. The van der Waals surface area contributed by atoms with E-state index in [1.165, 1.54) is 0 Å². The first-order chi connectivity index (χ1) is 9.97. The van der Waals surface area contributed by atoms with Crippen LogP contribution >= 0.6 is 38.5 Å². The number of aliphatic carboxylic acids is 1. The zero-order chi connectivity index (χ0) is 16.9. The molecule has 0 bridgehead atoms. The molecular formula is C15H19BrINO4. The van der Waals surface area contributed by atoms with Crippen LogP contribution in [0.5, 0.6) is 0 Å². The van der Waals surface area contributed by atoms with Crippen LogP contribution in [0, 0.1) is 5.41 Å². The van der Waals surface area contributed by atoms with Gasteiger partial charge in [-0.3, -0.25) is 9.69 Å². The van der Waals surface area contributed by atoms with Crippen molar-refractivity contribution in [3.63, 3.8) is 0 Å². The van der Waals surface area contributed by atoms with Crippen LogP contribution in [0.1, 0.15) is 40.5 Å². The highest BCUT2D eigenvalue weighted by atomic mass is 127. The van der Waals surface area contributed by atoms with Crippen molar-refractivity contribution < 1.29 is 19.4 Å². The van der Waals surface area contributed by atoms with Crippen LogP contribution in [0.2, 0.25) is 0 Å². The zero-order valence-electron chi connectivity index (χ0n) is 13.0. The zero-order valence-corrected chi connectivity index (χ0v) is 16.7. The summed E-state index contributed by atoms with van der Waals surface area (Å²) in [6.07, 6.45) is 0.681. The lowest BCUT2D eigenvalue weighted by atomic mass is 9.80. The quantitative estimate of drug-likeness (QED) is 0.560. The van der Waals surface area contributed by atoms with E-state index < -0.39 is 23.1 Å². The number of fused-ring (bicyclic) bond motifs is 1. The standard InChI is InChI=1S/C15H19BrINO4/c1-14(2,3)22-13(21)18-6-5-8-9(16)7-15(4,12(19)20)11(17)10(8)18/h5-7H2,1-4H3,(H,19,20). The van der Waals surface area contributed by atoms with Gasteiger partial charge in [0.25, 0.3) is 0 Å². The molecule has 1 N–H and O–H groups in total. The Hall–Kier alpha value is -0.570. The molecule has 22 heavy (non-hydrogen) atoms. The van der Waals surface area contributed by atoms with Gasteiger partial charge in [0.15, 0.2) is 0 Å². The van der Waals surface area contributed by atoms with Gasteiger partial charge in [-0.1, -0.05) is 15.9 Å². The van der Waals surface area contributed by atoms with E-state index >= 15 is 0 Å². The highest BCUT2D eigenvalue weighted by Crippen LogP contribution is 2.52. The van der Waals surface area contributed by atoms with E-state index in [0.717, 1.165) is 10.1 Å². The van der Waals surface area contributed by atoms with Crippen molar-refractivity contribution in [2.75, 3.05) is 6.54 Å². The molecule has 0 radical (unpaired) electrons. The molecule has 0 aromatic heterocycles. The van der Waals surface area contributed by atoms with Gasteiger partial charge in [0.2, 0.25) is 0 Å². The fourth-order valence-corrected chi connectivity index (χ4v) is 4.54. The SMILES string of the molecule is CC(C)(C)OC(=O)N1CCC2=C(Br)CC(C)(C(=O)O)C(I)=C21. The van der Waals surface area contributed by atoms with Crippen LogP contribution in [0.3, 0.4) is 0 Å². The minimum Gasteiger partial charge on any atom is -0.481 e. The number of likely N-dealkylation sites (tertiary alicyclic amines) is 1. The summed E-state index contributed by atoms with van der Waals surface area (Å²) in [7, 11) is 0. The number of hydrogen-bond donors (Lipinski definition) is 1. The molecule has 2 aliphatic rings. The average Bonchev–Trinajstić information content (AvgIpc) is 2.79. The lowest BCUT2D eigenvalue weighted by Gasteiger charge is -2.33. The van der Waals surface area contributed by atoms with Crippen LogP contribution in [-0.2, 0) is 9.53 Å². The Labute approximate surface area is 152 Å². The van der Waals surface area contributed by atoms with Crippen molar-refractivity contribution in [2.24, 2.45) is 5.41 Å². The number of rotatable bonds is 1. The van der Waals surface area contributed by atoms with Gasteiger partial charge in [0.05, 0.1) is 5.70 Å². The molecule has 1 heterocycles. The molecule has 5 nitrogen and oxygen atoms in total. The number of carboxylic acid groups (broad SMARTS) is 1. The van der Waals surface area contributed by atoms with Gasteiger partial charge in [-0.25, -0.2) is 4.79 Å². The van der Waals surface area contributed by atoms with Crippen LogP contribution in [-0.4, -0.2) is 34.2 Å². The number of nitrogens with zero attached hydrogens (tertiary/aromatic N) is 1. The van der Waals surface area contributed by atoms with E-state index in [0.29, 0.717) is 28.7 Å². The van der Waals surface area contributed by atoms with Gasteiger partial charge in [0.1, 0.15) is 11.0 Å². The van der Waals surface area contributed by atoms with E-state index in [2.05, 4.69) is 38.5 Å². The Balaban J connectivity index is 2.46. The van der Waals surface area contributed by atoms with Gasteiger partial charge >= 0.3 is 12.1 Å². The third-order valence-corrected chi connectivity index (χ3v) is 6.22. The number of carboxylic acids is 1. The predicted molar refractivity (Wildman–Crippen MR) is 94.9 cm³/mol. The minimum absolute atomic E-state index is 0.404. The Kier molecular flexibility index (Phi) is 4.70. The van der Waals surface area contributed by atoms with Crippen molar-refractivity contribution >= 4 is 50.6 Å². The van der Waals surface area contributed by atoms with Gasteiger partial charge in [-0.2, -0.15) is 0 Å². The number of carbonyl (C=O) groups excluding carboxylic acids is 1. The number of amides is 1. The number of allylic oxidation sites excluding steroid dienone is 2. The highest BCUT2D eigenvalue weighted by molar-refractivity contribution is 14.1. The molecular weight excluding hydrogens is 465 g/mol. The summed E-state index contributed by atoms with van der Waals surface area (Å²) < 4.78 is 6.99. The third kappa shape index (κ3) is 3.06. The largest absolute Gasteiger partial charge is 0.481 e. The molecule has 0 saturated carbocycles. The van der Waals surface area contributed by atoms with Crippen LogP contribution in [0.25, 0.3) is 0 Å². The topological polar surface area (TPSA) is 66.8 Å². The summed E-state index contributed by atoms with van der Waals surface area (Å²) in [6.45, 7) is 7.64. The maximum absolute atomic E-state index is 12.4. The molecule has 1 saturated heterocycles. The van der Waals surface area contributed by atoms with Crippen molar-refractivity contribution in [1.82, 2.24) is 4.90 Å². The van der Waals surface area contributed by atoms with E-state index in [9.17, 15) is 14.7 Å². The molecule has 7 heteroatoms. The maximum atomic E-state index is 12.4. The minimum atomic E-state index is -1.02. The summed E-state index contributed by atoms with van der Waals surface area (Å²) >= 11 is 5.56. The second-order valence-corrected chi connectivity index (χ2v) is 8.78. The molecule has 1 atom stereocenters. The third-order valence-electron chi connectivity index (χ3n) is 3.76. The monoisotopic (exact) mass is 483 g/mol. The molecule has 2 rings (SSSR count). The smallest absolute Gasteiger partial charge is 0.414 e. The molecule has 0 aromatic rings. The second kappa shape index (κ2) is 5.81. The number of halogens is 2. The van der Waals surface area contributed by atoms with Crippen molar-refractivity contribution in [2.45, 2.75) is 46.1 Å². The first kappa shape index (κ1) is 17.8. The molecule has 0 spiro atoms. The van der Waals surface area contributed by atoms with E-state index in [4.69, 9.17) is 4.74 Å². The normalized spacial score (nSPS) is 25.5. The van der Waals surface area contributed by atoms with Crippen molar-refractivity contribution in [3.8, 4) is 0 Å². The van der Waals surface area contributed by atoms with Gasteiger partial charge in [-0.15, -0.1) is 0 Å². The predicted octanol–water partition coefficient (Wildman–Crippen LogP) is 4.42. The van der Waals surface area contributed by atoms with Crippen molar-refractivity contribution in [3.05, 3.63) is 19.3 Å². The highest BCUT2D eigenvalue weighted by Gasteiger charge is 2.47. The Morgan fingerprint density at radius 3 is 2.50 bits per heavy atom. The maximum Gasteiger partial charge on any atom is 0.414 e. The van der Waals surface area contributed by atoms with E-state index in [-0.39, 0.29) is 0 Å². The van der Waals surface area contributed by atoms with Gasteiger partial charge in [0, 0.05) is 14.6 Å². The summed E-state index contributed by atoms with van der Waals surface area (Å²) in [5.41, 5.74) is 0.0901. The average molecular weight is 484 g/mol. The Bertz CT molecular complexity index is 605. The second-order valence-electron chi connectivity index (χ2n) is 6.74. The molecule has 0 aromatic carbocycles. The van der Waals surface area contributed by atoms with Crippen LogP contribution < -0.4 is 0 Å². The fourth-order valence-electron chi connectivity index (χ4n) is 2.56. The van der Waals surface area contributed by atoms with Crippen LogP contribution in [0.4, 0.5) is 4.79 Å². The summed E-state index contributed by atoms with van der Waals surface area (Å²) in [6, 6.07) is 0. The first-order valence-electron chi connectivity index (χ1n) is 6.99. The summed E-state index contributed by atoms with van der Waals surface area (Å²) in [5.74, 6) is -0.892. The molecule has 1 fully saturated rings. The lowest BCUT2D eigenvalue weighted by Crippen LogP contribution is -2.37. The summed E-state index contributed by atoms with van der Waals surface area (Å²) in [4.78, 5) is 25.7. The summed E-state index contributed by atoms with van der Waals surface area (Å²) in [5, 5.41) is 9.60. The van der Waals surface area contributed by atoms with Gasteiger partial charge < -0.3 is 9.84 Å². The lowest BCUT2D eigenvalue weighted by molar-refractivity contribution is -0.145. The molecule has 122 valence electrons. The van der Waals surface area contributed by atoms with E-state index in [1.807, 2.05) is 20.8 Å². The molecule has 1 unspecified atom stereocenters. The van der Waals surface area contributed by atoms with Gasteiger partial charge in [-0.05, 0) is 68.7 Å². The fraction of sp³-hybridized carbons (Fsp3) is 0.600. The Morgan fingerprint density at radius 1 is 1.41 bits per heavy atom.